The Hall–Kier alpha value is -1.62. The van der Waals surface area contributed by atoms with Crippen LogP contribution in [0.5, 0.6) is 0 Å². The predicted octanol–water partition coefficient (Wildman–Crippen LogP) is 1.58. The van der Waals surface area contributed by atoms with Gasteiger partial charge >= 0.3 is 0 Å². The molecule has 2 N–H and O–H groups in total. The van der Waals surface area contributed by atoms with Gasteiger partial charge < -0.3 is 15.5 Å². The number of carbonyl (C=O) groups is 1. The highest BCUT2D eigenvalue weighted by Gasteiger charge is 2.24. The van der Waals surface area contributed by atoms with Crippen molar-refractivity contribution in [1.82, 2.24) is 15.2 Å². The highest BCUT2D eigenvalue weighted by Crippen LogP contribution is 2.18. The molecule has 2 heterocycles. The van der Waals surface area contributed by atoms with Crippen LogP contribution in [0.2, 0.25) is 0 Å². The number of amides is 1. The van der Waals surface area contributed by atoms with Gasteiger partial charge in [0.1, 0.15) is 0 Å². The van der Waals surface area contributed by atoms with Crippen molar-refractivity contribution < 1.29 is 4.79 Å². The summed E-state index contributed by atoms with van der Waals surface area (Å²) in [5, 5.41) is 6.04. The smallest absolute Gasteiger partial charge is 0.253 e. The molecule has 0 radical (unpaired) electrons. The molecule has 2 rings (SSSR count). The fourth-order valence-corrected chi connectivity index (χ4v) is 2.62. The third-order valence-corrected chi connectivity index (χ3v) is 3.93. The molecule has 5 nitrogen and oxygen atoms in total. The minimum absolute atomic E-state index is 0.0280. The number of aromatic nitrogens is 1. The van der Waals surface area contributed by atoms with Crippen molar-refractivity contribution in [3.05, 3.63) is 24.0 Å². The number of pyridine rings is 1. The van der Waals surface area contributed by atoms with Crippen LogP contribution in [0.15, 0.2) is 18.5 Å². The van der Waals surface area contributed by atoms with Gasteiger partial charge in [-0.3, -0.25) is 9.78 Å². The summed E-state index contributed by atoms with van der Waals surface area (Å²) in [5.74, 6) is 0.529. The van der Waals surface area contributed by atoms with Crippen LogP contribution in [0.4, 0.5) is 5.69 Å². The van der Waals surface area contributed by atoms with Gasteiger partial charge in [-0.25, -0.2) is 0 Å². The third-order valence-electron chi connectivity index (χ3n) is 3.93. The molecule has 1 amide bonds. The number of rotatable bonds is 5. The summed E-state index contributed by atoms with van der Waals surface area (Å²) < 4.78 is 0. The third kappa shape index (κ3) is 3.48. The molecule has 110 valence electrons. The SMILES string of the molecule is CNc1cnccc1C(=O)NCC1CCN(C(C)C)C1. The summed E-state index contributed by atoms with van der Waals surface area (Å²) in [6.07, 6.45) is 4.48. The molecule has 5 heteroatoms. The Bertz CT molecular complexity index is 461. The van der Waals surface area contributed by atoms with Gasteiger partial charge in [-0.1, -0.05) is 0 Å². The molecule has 0 aliphatic carbocycles. The van der Waals surface area contributed by atoms with E-state index in [0.717, 1.165) is 31.7 Å². The number of hydrogen-bond acceptors (Lipinski definition) is 4. The molecule has 0 bridgehead atoms. The molecule has 0 aromatic carbocycles. The number of nitrogens with zero attached hydrogens (tertiary/aromatic N) is 2. The van der Waals surface area contributed by atoms with Crippen molar-refractivity contribution in [2.24, 2.45) is 5.92 Å². The van der Waals surface area contributed by atoms with Crippen molar-refractivity contribution in [2.45, 2.75) is 26.3 Å². The van der Waals surface area contributed by atoms with E-state index in [1.165, 1.54) is 0 Å². The molecule has 1 aromatic heterocycles. The lowest BCUT2D eigenvalue weighted by Crippen LogP contribution is -2.33. The zero-order valence-electron chi connectivity index (χ0n) is 12.5. The van der Waals surface area contributed by atoms with Crippen LogP contribution in [0, 0.1) is 5.92 Å². The lowest BCUT2D eigenvalue weighted by atomic mass is 10.1. The monoisotopic (exact) mass is 276 g/mol. The van der Waals surface area contributed by atoms with Gasteiger partial charge in [0, 0.05) is 32.4 Å². The van der Waals surface area contributed by atoms with Crippen LogP contribution < -0.4 is 10.6 Å². The van der Waals surface area contributed by atoms with Crippen LogP contribution in [-0.4, -0.2) is 48.5 Å². The molecule has 1 unspecified atom stereocenters. The van der Waals surface area contributed by atoms with Crippen LogP contribution in [0.3, 0.4) is 0 Å². The van der Waals surface area contributed by atoms with Crippen LogP contribution >= 0.6 is 0 Å². The average Bonchev–Trinajstić information content (AvgIpc) is 2.94. The van der Waals surface area contributed by atoms with E-state index in [0.29, 0.717) is 17.5 Å². The van der Waals surface area contributed by atoms with E-state index < -0.39 is 0 Å². The fourth-order valence-electron chi connectivity index (χ4n) is 2.62. The second-order valence-electron chi connectivity index (χ2n) is 5.62. The van der Waals surface area contributed by atoms with Crippen molar-refractivity contribution >= 4 is 11.6 Å². The first-order chi connectivity index (χ1) is 9.61. The molecular weight excluding hydrogens is 252 g/mol. The molecule has 1 fully saturated rings. The summed E-state index contributed by atoms with van der Waals surface area (Å²) in [5.41, 5.74) is 1.42. The molecule has 0 spiro atoms. The zero-order chi connectivity index (χ0) is 14.5. The van der Waals surface area contributed by atoms with E-state index in [2.05, 4.69) is 34.4 Å². The Morgan fingerprint density at radius 2 is 2.35 bits per heavy atom. The van der Waals surface area contributed by atoms with E-state index in [1.807, 2.05) is 0 Å². The maximum atomic E-state index is 12.2. The van der Waals surface area contributed by atoms with E-state index >= 15 is 0 Å². The molecular formula is C15H24N4O. The van der Waals surface area contributed by atoms with Crippen molar-refractivity contribution in [3.8, 4) is 0 Å². The highest BCUT2D eigenvalue weighted by molar-refractivity contribution is 5.99. The molecule has 0 saturated carbocycles. The number of anilines is 1. The van der Waals surface area contributed by atoms with Gasteiger partial charge in [0.2, 0.25) is 0 Å². The fraction of sp³-hybridized carbons (Fsp3) is 0.600. The van der Waals surface area contributed by atoms with Crippen LogP contribution in [0.1, 0.15) is 30.6 Å². The molecule has 1 aliphatic rings. The number of hydrogen-bond donors (Lipinski definition) is 2. The Balaban J connectivity index is 1.87. The molecule has 1 saturated heterocycles. The molecule has 1 atom stereocenters. The summed E-state index contributed by atoms with van der Waals surface area (Å²) >= 11 is 0. The summed E-state index contributed by atoms with van der Waals surface area (Å²) in [4.78, 5) is 18.7. The average molecular weight is 276 g/mol. The van der Waals surface area contributed by atoms with Gasteiger partial charge in [0.15, 0.2) is 0 Å². The first-order valence-electron chi connectivity index (χ1n) is 7.25. The maximum absolute atomic E-state index is 12.2. The first-order valence-corrected chi connectivity index (χ1v) is 7.25. The number of carbonyl (C=O) groups excluding carboxylic acids is 1. The largest absolute Gasteiger partial charge is 0.386 e. The van der Waals surface area contributed by atoms with Crippen LogP contribution in [0.25, 0.3) is 0 Å². The Morgan fingerprint density at radius 1 is 1.55 bits per heavy atom. The Kier molecular flexibility index (Phi) is 4.95. The minimum atomic E-state index is -0.0280. The maximum Gasteiger partial charge on any atom is 0.253 e. The van der Waals surface area contributed by atoms with E-state index in [4.69, 9.17) is 0 Å². The standard InChI is InChI=1S/C15H24N4O/c1-11(2)19-7-5-12(10-19)8-18-15(20)13-4-6-17-9-14(13)16-3/h4,6,9,11-12,16H,5,7-8,10H2,1-3H3,(H,18,20). The number of nitrogens with one attached hydrogen (secondary N) is 2. The summed E-state index contributed by atoms with van der Waals surface area (Å²) in [6, 6.07) is 2.34. The summed E-state index contributed by atoms with van der Waals surface area (Å²) in [6.45, 7) is 7.39. The van der Waals surface area contributed by atoms with Gasteiger partial charge in [-0.05, 0) is 38.8 Å². The lowest BCUT2D eigenvalue weighted by Gasteiger charge is -2.20. The van der Waals surface area contributed by atoms with E-state index in [9.17, 15) is 4.79 Å². The normalized spacial score (nSPS) is 19.3. The molecule has 1 aromatic rings. The summed E-state index contributed by atoms with van der Waals surface area (Å²) in [7, 11) is 1.80. The van der Waals surface area contributed by atoms with Crippen molar-refractivity contribution in [3.63, 3.8) is 0 Å². The van der Waals surface area contributed by atoms with Gasteiger partial charge in [-0.2, -0.15) is 0 Å². The second kappa shape index (κ2) is 6.70. The number of likely N-dealkylation sites (tertiary alicyclic amines) is 1. The topological polar surface area (TPSA) is 57.3 Å². The Labute approximate surface area is 120 Å². The first kappa shape index (κ1) is 14.8. The van der Waals surface area contributed by atoms with Crippen molar-refractivity contribution in [2.75, 3.05) is 32.0 Å². The van der Waals surface area contributed by atoms with E-state index in [-0.39, 0.29) is 5.91 Å². The van der Waals surface area contributed by atoms with Gasteiger partial charge in [0.05, 0.1) is 17.4 Å². The molecule has 20 heavy (non-hydrogen) atoms. The Morgan fingerprint density at radius 3 is 3.00 bits per heavy atom. The lowest BCUT2D eigenvalue weighted by molar-refractivity contribution is 0.0948. The molecule has 1 aliphatic heterocycles. The van der Waals surface area contributed by atoms with Crippen molar-refractivity contribution in [1.29, 1.82) is 0 Å². The second-order valence-corrected chi connectivity index (χ2v) is 5.62. The zero-order valence-corrected chi connectivity index (χ0v) is 12.5. The van der Waals surface area contributed by atoms with Crippen LogP contribution in [-0.2, 0) is 0 Å². The minimum Gasteiger partial charge on any atom is -0.386 e. The van der Waals surface area contributed by atoms with E-state index in [1.54, 1.807) is 25.5 Å². The highest BCUT2D eigenvalue weighted by atomic mass is 16.1. The predicted molar refractivity (Wildman–Crippen MR) is 80.9 cm³/mol. The van der Waals surface area contributed by atoms with Gasteiger partial charge in [-0.15, -0.1) is 0 Å². The quantitative estimate of drug-likeness (QED) is 0.857. The van der Waals surface area contributed by atoms with Gasteiger partial charge in [0.25, 0.3) is 5.91 Å².